The number of hydrogen-bond acceptors (Lipinski definition) is 10. The number of amides is 6. The van der Waals surface area contributed by atoms with Crippen molar-refractivity contribution in [2.75, 3.05) is 44.4 Å². The standard InChI is InChI=1S/2C38H38N4O2.2CH4O3S/c2*1-28-8-18-34(19-9-28)39-37(43)24-30-12-14-32(15-13-30)26-42(25-31-6-4-3-5-7-31)27-33-16-22-36(23-17-33)41-38(44)40-35-20-10-29(2)11-21-35;2*1-5(2,3)4/h2*3-23H,24-27H2,1-2H3,(H,39,43)(H2,40,41,44);2*1H3,(H,2,3,4). The lowest BCUT2D eigenvalue weighted by Gasteiger charge is -2.23. The predicted molar refractivity (Wildman–Crippen MR) is 391 cm³/mol. The SMILES string of the molecule is CS(=O)(=O)O.CS(=O)(=O)[O-].Cc1ccc(NC(=O)Cc2ccc(CN(Cc3ccccc3)Cc3ccc(NC(=O)Nc4ccc(C)cc4)cc3)cc2)cc1.Cc1ccc(NC(=O)Cc2ccc(C[NH+](Cc3ccccc3)Cc3ccc(NC(=O)Nc4ccc(C)cc4)cc3)cc2)cc1. The van der Waals surface area contributed by atoms with E-state index in [2.05, 4.69) is 134 Å². The second-order valence-electron chi connectivity index (χ2n) is 23.9. The van der Waals surface area contributed by atoms with E-state index in [4.69, 9.17) is 17.5 Å². The predicted octanol–water partition coefficient (Wildman–Crippen LogP) is 13.9. The van der Waals surface area contributed by atoms with Crippen LogP contribution in [0.25, 0.3) is 0 Å². The van der Waals surface area contributed by atoms with Crippen molar-refractivity contribution in [3.8, 4) is 0 Å². The van der Waals surface area contributed by atoms with Crippen molar-refractivity contribution in [1.82, 2.24) is 4.90 Å². The molecule has 18 nitrogen and oxygen atoms in total. The van der Waals surface area contributed by atoms with Crippen LogP contribution in [-0.2, 0) is 81.9 Å². The third-order valence-electron chi connectivity index (χ3n) is 14.8. The Hall–Kier alpha value is -10.6. The van der Waals surface area contributed by atoms with E-state index >= 15 is 0 Å². The molecule has 0 aliphatic rings. The van der Waals surface area contributed by atoms with Gasteiger partial charge >= 0.3 is 12.1 Å². The molecule has 0 aliphatic carbocycles. The number of urea groups is 2. The normalized spacial score (nSPS) is 11.2. The Balaban J connectivity index is 0.000000242. The number of rotatable bonds is 22. The molecule has 8 N–H and O–H groups in total. The first-order chi connectivity index (χ1) is 46.7. The molecule has 508 valence electrons. The van der Waals surface area contributed by atoms with Crippen molar-refractivity contribution in [1.29, 1.82) is 0 Å². The van der Waals surface area contributed by atoms with Crippen molar-refractivity contribution in [2.24, 2.45) is 0 Å². The van der Waals surface area contributed by atoms with E-state index < -0.39 is 20.2 Å². The number of carbonyl (C=O) groups excluding carboxylic acids is 4. The van der Waals surface area contributed by atoms with Crippen LogP contribution in [0.2, 0.25) is 0 Å². The lowest BCUT2D eigenvalue weighted by atomic mass is 10.1. The summed E-state index contributed by atoms with van der Waals surface area (Å²) in [5, 5.41) is 17.5. The first-order valence-electron chi connectivity index (χ1n) is 31.6. The van der Waals surface area contributed by atoms with Gasteiger partial charge in [-0.3, -0.25) is 19.0 Å². The molecule has 10 aromatic carbocycles. The molecule has 0 radical (unpaired) electrons. The van der Waals surface area contributed by atoms with Gasteiger partial charge in [0.15, 0.2) is 0 Å². The Morgan fingerprint density at radius 3 is 0.837 bits per heavy atom. The van der Waals surface area contributed by atoms with Gasteiger partial charge in [0.05, 0.1) is 29.2 Å². The van der Waals surface area contributed by atoms with Crippen LogP contribution in [0.1, 0.15) is 66.8 Å². The van der Waals surface area contributed by atoms with Crippen molar-refractivity contribution in [2.45, 2.75) is 79.8 Å². The molecule has 0 aromatic heterocycles. The number of nitrogens with zero attached hydrogens (tertiary/aromatic N) is 1. The van der Waals surface area contributed by atoms with Gasteiger partial charge in [0.2, 0.25) is 11.8 Å². The summed E-state index contributed by atoms with van der Waals surface area (Å²) in [6.45, 7) is 12.9. The maximum Gasteiger partial charge on any atom is 0.323 e. The molecule has 0 saturated heterocycles. The Morgan fingerprint density at radius 1 is 0.337 bits per heavy atom. The third kappa shape index (κ3) is 30.4. The highest BCUT2D eigenvalue weighted by Gasteiger charge is 2.16. The van der Waals surface area contributed by atoms with Crippen LogP contribution in [0.5, 0.6) is 0 Å². The van der Waals surface area contributed by atoms with Gasteiger partial charge in [-0.15, -0.1) is 0 Å². The quantitative estimate of drug-likeness (QED) is 0.0296. The summed E-state index contributed by atoms with van der Waals surface area (Å²) in [6, 6.07) is 84.1. The van der Waals surface area contributed by atoms with Gasteiger partial charge in [0, 0.05) is 76.7 Å². The topological polar surface area (TPSA) is 260 Å². The van der Waals surface area contributed by atoms with E-state index in [0.717, 1.165) is 112 Å². The second kappa shape index (κ2) is 37.6. The van der Waals surface area contributed by atoms with E-state index in [1.54, 1.807) is 0 Å². The van der Waals surface area contributed by atoms with Crippen LogP contribution in [0.3, 0.4) is 0 Å². The van der Waals surface area contributed by atoms with Crippen LogP contribution < -0.4 is 36.8 Å². The van der Waals surface area contributed by atoms with E-state index in [1.165, 1.54) is 32.7 Å². The van der Waals surface area contributed by atoms with Crippen LogP contribution in [0.4, 0.5) is 43.7 Å². The maximum absolute atomic E-state index is 12.6. The molecule has 1 unspecified atom stereocenters. The smallest absolute Gasteiger partial charge is 0.323 e. The molecule has 0 bridgehead atoms. The summed E-state index contributed by atoms with van der Waals surface area (Å²) in [5.74, 6) is -0.0543. The average Bonchev–Trinajstić information content (AvgIpc) is 1.01. The van der Waals surface area contributed by atoms with Gasteiger partial charge in [-0.05, 0) is 128 Å². The van der Waals surface area contributed by atoms with Gasteiger partial charge in [0.1, 0.15) is 19.6 Å². The van der Waals surface area contributed by atoms with Gasteiger partial charge in [0.25, 0.3) is 10.1 Å². The molecular weight excluding hydrogens is 1270 g/mol. The zero-order chi connectivity index (χ0) is 70.5. The fraction of sp³-hybridized carbons (Fsp3) is 0.179. The summed E-state index contributed by atoms with van der Waals surface area (Å²) in [6.07, 6.45) is 1.98. The summed E-state index contributed by atoms with van der Waals surface area (Å²) < 4.78 is 53.1. The number of hydrogen-bond donors (Lipinski definition) is 8. The van der Waals surface area contributed by atoms with Gasteiger partial charge < -0.3 is 41.4 Å². The molecule has 0 fully saturated rings. The van der Waals surface area contributed by atoms with Crippen molar-refractivity contribution in [3.63, 3.8) is 0 Å². The number of carbonyl (C=O) groups is 4. The summed E-state index contributed by atoms with van der Waals surface area (Å²) in [7, 11) is -7.58. The number of quaternary nitrogens is 1. The Morgan fingerprint density at radius 2 is 0.541 bits per heavy atom. The monoisotopic (exact) mass is 1360 g/mol. The molecule has 0 saturated carbocycles. The molecule has 20 heteroatoms. The third-order valence-corrected chi connectivity index (χ3v) is 14.8. The van der Waals surface area contributed by atoms with Crippen LogP contribution in [0, 0.1) is 27.7 Å². The lowest BCUT2D eigenvalue weighted by Crippen LogP contribution is -3.08. The molecular formula is C78H84N8O10S2. The highest BCUT2D eigenvalue weighted by atomic mass is 32.2. The Labute approximate surface area is 575 Å². The Kier molecular flexibility index (Phi) is 28.7. The summed E-state index contributed by atoms with van der Waals surface area (Å²) in [5.41, 5.74) is 18.4. The minimum atomic E-state index is -3.92. The maximum atomic E-state index is 12.6. The van der Waals surface area contributed by atoms with Gasteiger partial charge in [-0.1, -0.05) is 204 Å². The molecule has 6 amide bonds. The van der Waals surface area contributed by atoms with Crippen molar-refractivity contribution < 1.29 is 50.0 Å². The fourth-order valence-electron chi connectivity index (χ4n) is 10.0. The highest BCUT2D eigenvalue weighted by molar-refractivity contribution is 7.85. The molecule has 10 aromatic rings. The van der Waals surface area contributed by atoms with Crippen molar-refractivity contribution in [3.05, 3.63) is 322 Å². The zero-order valence-corrected chi connectivity index (χ0v) is 57.4. The Bertz CT molecular complexity index is 3850. The summed E-state index contributed by atoms with van der Waals surface area (Å²) in [4.78, 5) is 53.8. The van der Waals surface area contributed by atoms with Crippen LogP contribution >= 0.6 is 0 Å². The first-order valence-corrected chi connectivity index (χ1v) is 35.3. The number of aryl methyl sites for hydroxylation is 4. The molecule has 1 atom stereocenters. The molecule has 10 rings (SSSR count). The number of nitrogens with one attached hydrogen (secondary N) is 7. The van der Waals surface area contributed by atoms with Crippen LogP contribution in [-0.4, -0.2) is 67.2 Å². The second-order valence-corrected chi connectivity index (χ2v) is 26.8. The van der Waals surface area contributed by atoms with Gasteiger partial charge in [-0.25, -0.2) is 18.0 Å². The largest absolute Gasteiger partial charge is 0.748 e. The average molecular weight is 1360 g/mol. The fourth-order valence-corrected chi connectivity index (χ4v) is 10.0. The molecule has 98 heavy (non-hydrogen) atoms. The number of benzene rings is 10. The van der Waals surface area contributed by atoms with Gasteiger partial charge in [-0.2, -0.15) is 8.42 Å². The minimum Gasteiger partial charge on any atom is -0.748 e. The lowest BCUT2D eigenvalue weighted by molar-refractivity contribution is -0.941. The molecule has 0 spiro atoms. The molecule has 0 aliphatic heterocycles. The van der Waals surface area contributed by atoms with Crippen LogP contribution in [0.15, 0.2) is 255 Å². The minimum absolute atomic E-state index is 0.0245. The number of anilines is 6. The van der Waals surface area contributed by atoms with E-state index in [1.807, 2.05) is 185 Å². The van der Waals surface area contributed by atoms with E-state index in [9.17, 15) is 27.6 Å². The zero-order valence-electron chi connectivity index (χ0n) is 55.8. The van der Waals surface area contributed by atoms with Crippen molar-refractivity contribution >= 4 is 78.2 Å². The van der Waals surface area contributed by atoms with E-state index in [-0.39, 0.29) is 23.9 Å². The molecule has 0 heterocycles. The highest BCUT2D eigenvalue weighted by Crippen LogP contribution is 2.20. The van der Waals surface area contributed by atoms with E-state index in [0.29, 0.717) is 25.4 Å². The first kappa shape index (κ1) is 74.8. The summed E-state index contributed by atoms with van der Waals surface area (Å²) >= 11 is 0.